The van der Waals surface area contributed by atoms with Gasteiger partial charge in [0.05, 0.1) is 10.7 Å². The second kappa shape index (κ2) is 8.27. The summed E-state index contributed by atoms with van der Waals surface area (Å²) >= 11 is 16.1. The van der Waals surface area contributed by atoms with E-state index >= 15 is 0 Å². The Labute approximate surface area is 204 Å². The number of alkyl halides is 2. The Balaban J connectivity index is 1.61. The minimum Gasteiger partial charge on any atom is -0.471 e. The van der Waals surface area contributed by atoms with E-state index in [4.69, 9.17) is 32.9 Å². The van der Waals surface area contributed by atoms with E-state index in [0.29, 0.717) is 34.5 Å². The average molecular weight is 539 g/mol. The van der Waals surface area contributed by atoms with Crippen LogP contribution in [-0.4, -0.2) is 16.5 Å². The first kappa shape index (κ1) is 22.1. The number of hydrogen-bond acceptors (Lipinski definition) is 2. The number of ether oxygens (including phenoxy) is 1. The monoisotopic (exact) mass is 537 g/mol. The summed E-state index contributed by atoms with van der Waals surface area (Å²) in [5, 5.41) is 1.21. The average Bonchev–Trinajstić information content (AvgIpc) is 2.76. The van der Waals surface area contributed by atoms with Gasteiger partial charge in [-0.2, -0.15) is 0 Å². The quantitative estimate of drug-likeness (QED) is 0.325. The molecule has 0 bridgehead atoms. The van der Waals surface area contributed by atoms with Gasteiger partial charge in [-0.1, -0.05) is 57.3 Å². The zero-order chi connectivity index (χ0) is 22.5. The molecule has 1 spiro atoms. The molecule has 32 heavy (non-hydrogen) atoms. The van der Waals surface area contributed by atoms with Crippen LogP contribution in [0.15, 0.2) is 53.0 Å². The Hall–Kier alpha value is -1.69. The first-order chi connectivity index (χ1) is 15.2. The third kappa shape index (κ3) is 4.27. The molecule has 0 radical (unpaired) electrons. The van der Waals surface area contributed by atoms with Crippen molar-refractivity contribution in [1.29, 1.82) is 0 Å². The van der Waals surface area contributed by atoms with Gasteiger partial charge in [-0.3, -0.25) is 0 Å². The van der Waals surface area contributed by atoms with Gasteiger partial charge in [0.25, 0.3) is 0 Å². The van der Waals surface area contributed by atoms with Gasteiger partial charge in [0.2, 0.25) is 11.8 Å². The highest BCUT2D eigenvalue weighted by Gasteiger charge is 2.46. The van der Waals surface area contributed by atoms with Crippen molar-refractivity contribution < 1.29 is 13.5 Å². The summed E-state index contributed by atoms with van der Waals surface area (Å²) in [5.41, 5.74) is 3.79. The first-order valence-corrected chi connectivity index (χ1v) is 12.1. The van der Waals surface area contributed by atoms with Crippen LogP contribution in [0, 0.1) is 0 Å². The normalized spacial score (nSPS) is 18.8. The summed E-state index contributed by atoms with van der Waals surface area (Å²) in [6.07, 6.45) is 1.86. The first-order valence-electron chi connectivity index (χ1n) is 10.6. The number of rotatable bonds is 2. The lowest BCUT2D eigenvalue weighted by Gasteiger charge is -2.43. The summed E-state index contributed by atoms with van der Waals surface area (Å²) in [7, 11) is 0. The van der Waals surface area contributed by atoms with Crippen molar-refractivity contribution >= 4 is 39.1 Å². The van der Waals surface area contributed by atoms with Crippen LogP contribution in [-0.2, 0) is 6.42 Å². The standard InChI is InChI=1S/C25H20BrCl2F2NO/c26-17-3-6-19(21(28)14-17)22-20(15-1-4-18(27)5-2-15)13-16-7-8-24(32-23(16)31-22)9-11-25(29,30)12-10-24/h1-6,13-14H,7-12H2. The van der Waals surface area contributed by atoms with Crippen LogP contribution in [0.5, 0.6) is 5.88 Å². The second-order valence-electron chi connectivity index (χ2n) is 8.62. The van der Waals surface area contributed by atoms with Crippen molar-refractivity contribution in [2.24, 2.45) is 0 Å². The molecule has 0 saturated heterocycles. The van der Waals surface area contributed by atoms with E-state index in [1.807, 2.05) is 42.5 Å². The Morgan fingerprint density at radius 2 is 1.59 bits per heavy atom. The SMILES string of the molecule is FC1(F)CCC2(CCc3cc(-c4ccc(Cl)cc4)c(-c4ccc(Br)cc4Cl)nc3O2)CC1. The highest BCUT2D eigenvalue weighted by atomic mass is 79.9. The number of hydrogen-bond donors (Lipinski definition) is 0. The summed E-state index contributed by atoms with van der Waals surface area (Å²) in [6.45, 7) is 0. The van der Waals surface area contributed by atoms with E-state index in [1.54, 1.807) is 0 Å². The summed E-state index contributed by atoms with van der Waals surface area (Å²) in [4.78, 5) is 4.92. The molecular formula is C25H20BrCl2F2NO. The van der Waals surface area contributed by atoms with Gasteiger partial charge in [0, 0.05) is 39.0 Å². The van der Waals surface area contributed by atoms with Crippen LogP contribution < -0.4 is 4.74 Å². The smallest absolute Gasteiger partial charge is 0.248 e. The van der Waals surface area contributed by atoms with Crippen LogP contribution in [0.4, 0.5) is 8.78 Å². The summed E-state index contributed by atoms with van der Waals surface area (Å²) in [6, 6.07) is 15.3. The van der Waals surface area contributed by atoms with Crippen LogP contribution in [0.1, 0.15) is 37.7 Å². The van der Waals surface area contributed by atoms with Crippen molar-refractivity contribution in [3.8, 4) is 28.3 Å². The third-order valence-electron chi connectivity index (χ3n) is 6.46. The van der Waals surface area contributed by atoms with E-state index in [0.717, 1.165) is 39.6 Å². The van der Waals surface area contributed by atoms with Crippen molar-refractivity contribution in [3.05, 3.63) is 68.6 Å². The molecule has 2 aliphatic rings. The molecule has 0 unspecified atom stereocenters. The molecule has 5 rings (SSSR count). The molecule has 3 aromatic rings. The van der Waals surface area contributed by atoms with Gasteiger partial charge < -0.3 is 4.74 Å². The van der Waals surface area contributed by atoms with E-state index in [2.05, 4.69) is 22.0 Å². The topological polar surface area (TPSA) is 22.1 Å². The maximum atomic E-state index is 13.8. The predicted molar refractivity (Wildman–Crippen MR) is 128 cm³/mol. The number of halogens is 5. The predicted octanol–water partition coefficient (Wildman–Crippen LogP) is 8.76. The van der Waals surface area contributed by atoms with Gasteiger partial charge >= 0.3 is 0 Å². The number of aromatic nitrogens is 1. The highest BCUT2D eigenvalue weighted by molar-refractivity contribution is 9.10. The minimum absolute atomic E-state index is 0.142. The lowest BCUT2D eigenvalue weighted by molar-refractivity contribution is -0.100. The molecule has 2 aromatic carbocycles. The molecule has 166 valence electrons. The molecule has 1 aliphatic carbocycles. The van der Waals surface area contributed by atoms with Crippen molar-refractivity contribution in [2.75, 3.05) is 0 Å². The van der Waals surface area contributed by atoms with Crippen LogP contribution in [0.25, 0.3) is 22.4 Å². The van der Waals surface area contributed by atoms with Gasteiger partial charge in [0.1, 0.15) is 5.60 Å². The number of pyridine rings is 1. The lowest BCUT2D eigenvalue weighted by Crippen LogP contribution is -2.45. The highest BCUT2D eigenvalue weighted by Crippen LogP contribution is 2.47. The minimum atomic E-state index is -2.60. The molecule has 0 amide bonds. The van der Waals surface area contributed by atoms with E-state index in [-0.39, 0.29) is 12.8 Å². The maximum Gasteiger partial charge on any atom is 0.248 e. The number of fused-ring (bicyclic) bond motifs is 1. The molecule has 7 heteroatoms. The van der Waals surface area contributed by atoms with Crippen molar-refractivity contribution in [3.63, 3.8) is 0 Å². The van der Waals surface area contributed by atoms with Crippen LogP contribution >= 0.6 is 39.1 Å². The van der Waals surface area contributed by atoms with E-state index in [9.17, 15) is 8.78 Å². The van der Waals surface area contributed by atoms with Gasteiger partial charge in [-0.05, 0) is 61.6 Å². The zero-order valence-electron chi connectivity index (χ0n) is 17.1. The van der Waals surface area contributed by atoms with Gasteiger partial charge in [-0.15, -0.1) is 0 Å². The molecule has 0 N–H and O–H groups in total. The molecule has 0 atom stereocenters. The Morgan fingerprint density at radius 1 is 0.875 bits per heavy atom. The Morgan fingerprint density at radius 3 is 2.28 bits per heavy atom. The number of benzene rings is 2. The Kier molecular flexibility index (Phi) is 5.71. The summed E-state index contributed by atoms with van der Waals surface area (Å²) in [5.74, 6) is -2.08. The van der Waals surface area contributed by atoms with Crippen molar-refractivity contribution in [1.82, 2.24) is 4.98 Å². The second-order valence-corrected chi connectivity index (χ2v) is 10.4. The third-order valence-corrected chi connectivity index (χ3v) is 7.52. The molecule has 2 nitrogen and oxygen atoms in total. The fourth-order valence-electron chi connectivity index (χ4n) is 4.58. The lowest BCUT2D eigenvalue weighted by atomic mass is 9.77. The molecule has 1 saturated carbocycles. The fourth-order valence-corrected chi connectivity index (χ4v) is 5.47. The molecule has 1 aromatic heterocycles. The largest absolute Gasteiger partial charge is 0.471 e. The fraction of sp³-hybridized carbons (Fsp3) is 0.320. The zero-order valence-corrected chi connectivity index (χ0v) is 20.2. The summed E-state index contributed by atoms with van der Waals surface area (Å²) < 4.78 is 34.8. The molecule has 1 aliphatic heterocycles. The molecular weight excluding hydrogens is 519 g/mol. The maximum absolute atomic E-state index is 13.8. The van der Waals surface area contributed by atoms with Crippen LogP contribution in [0.2, 0.25) is 10.0 Å². The molecule has 2 heterocycles. The Bertz CT molecular complexity index is 1170. The number of aryl methyl sites for hydroxylation is 1. The number of nitrogens with zero attached hydrogens (tertiary/aromatic N) is 1. The van der Waals surface area contributed by atoms with Gasteiger partial charge in [-0.25, -0.2) is 13.8 Å². The molecule has 1 fully saturated rings. The van der Waals surface area contributed by atoms with E-state index in [1.165, 1.54) is 0 Å². The van der Waals surface area contributed by atoms with Crippen molar-refractivity contribution in [2.45, 2.75) is 50.0 Å². The van der Waals surface area contributed by atoms with Crippen LogP contribution in [0.3, 0.4) is 0 Å². The van der Waals surface area contributed by atoms with Gasteiger partial charge in [0.15, 0.2) is 0 Å². The van der Waals surface area contributed by atoms with E-state index < -0.39 is 11.5 Å².